The van der Waals surface area contributed by atoms with Crippen LogP contribution < -0.4 is 10.2 Å². The maximum Gasteiger partial charge on any atom is 0.260 e. The minimum atomic E-state index is -3.70. The molecule has 4 rings (SSSR count). The number of rotatable bonds is 5. The number of morpholine rings is 1. The van der Waals surface area contributed by atoms with E-state index in [0.717, 1.165) is 4.31 Å². The lowest BCUT2D eigenvalue weighted by Crippen LogP contribution is -2.37. The van der Waals surface area contributed by atoms with Crippen molar-refractivity contribution < 1.29 is 17.9 Å². The minimum absolute atomic E-state index is 0.0424. The summed E-state index contributed by atoms with van der Waals surface area (Å²) < 4.78 is 33.4. The molecule has 1 aliphatic heterocycles. The fourth-order valence-electron chi connectivity index (χ4n) is 3.24. The van der Waals surface area contributed by atoms with Gasteiger partial charge < -0.3 is 9.64 Å². The monoisotopic (exact) mass is 430 g/mol. The van der Waals surface area contributed by atoms with E-state index in [9.17, 15) is 13.2 Å². The van der Waals surface area contributed by atoms with Crippen molar-refractivity contribution >= 4 is 33.2 Å². The Morgan fingerprint density at radius 2 is 1.90 bits per heavy atom. The average Bonchev–Trinajstić information content (AvgIpc) is 3.16. The lowest BCUT2D eigenvalue weighted by atomic mass is 10.1. The van der Waals surface area contributed by atoms with Crippen molar-refractivity contribution in [3.63, 3.8) is 0 Å². The average molecular weight is 430 g/mol. The van der Waals surface area contributed by atoms with Crippen molar-refractivity contribution in [3.8, 4) is 0 Å². The van der Waals surface area contributed by atoms with Crippen LogP contribution in [0.2, 0.25) is 0 Å². The summed E-state index contributed by atoms with van der Waals surface area (Å²) in [5, 5.41) is 10.8. The second-order valence-corrected chi connectivity index (χ2v) is 9.12. The summed E-state index contributed by atoms with van der Waals surface area (Å²) in [5.41, 5.74) is 1.47. The van der Waals surface area contributed by atoms with E-state index in [4.69, 9.17) is 4.74 Å². The van der Waals surface area contributed by atoms with Crippen LogP contribution >= 0.6 is 0 Å². The molecular weight excluding hydrogens is 408 g/mol. The molecular formula is C19H22N6O4S. The van der Waals surface area contributed by atoms with Gasteiger partial charge in [-0.05, 0) is 30.3 Å². The predicted molar refractivity (Wildman–Crippen MR) is 111 cm³/mol. The molecule has 0 bridgehead atoms. The molecule has 0 spiro atoms. The molecule has 158 valence electrons. The fourth-order valence-corrected chi connectivity index (χ4v) is 4.17. The molecule has 1 N–H and O–H groups in total. The van der Waals surface area contributed by atoms with Crippen LogP contribution in [-0.4, -0.2) is 73.6 Å². The van der Waals surface area contributed by atoms with Crippen LogP contribution in [0.4, 0.5) is 11.6 Å². The standard InChI is InChI=1S/C19H22N6O4S/c1-23(2)30(27,28)14-6-7-16(24-9-11-29-12-10-24)15(13-14)18(26)20-19-22-21-17-5-3-4-8-25(17)19/h3-8,13H,9-12H2,1-2H3,(H,20,22,26). The summed E-state index contributed by atoms with van der Waals surface area (Å²) in [6, 6.07) is 9.98. The van der Waals surface area contributed by atoms with E-state index < -0.39 is 15.9 Å². The van der Waals surface area contributed by atoms with Crippen LogP contribution in [-0.2, 0) is 14.8 Å². The van der Waals surface area contributed by atoms with Crippen molar-refractivity contribution in [1.82, 2.24) is 18.9 Å². The van der Waals surface area contributed by atoms with Gasteiger partial charge in [-0.25, -0.2) is 12.7 Å². The Hall–Kier alpha value is -3.02. The number of ether oxygens (including phenoxy) is 1. The van der Waals surface area contributed by atoms with Crippen LogP contribution in [0, 0.1) is 0 Å². The van der Waals surface area contributed by atoms with Crippen molar-refractivity contribution in [2.75, 3.05) is 50.6 Å². The number of carbonyl (C=O) groups is 1. The van der Waals surface area contributed by atoms with Crippen molar-refractivity contribution in [2.24, 2.45) is 0 Å². The Labute approximate surface area is 174 Å². The zero-order chi connectivity index (χ0) is 21.3. The molecule has 0 atom stereocenters. The first kappa shape index (κ1) is 20.3. The molecule has 10 nitrogen and oxygen atoms in total. The maximum absolute atomic E-state index is 13.2. The number of benzene rings is 1. The summed E-state index contributed by atoms with van der Waals surface area (Å²) >= 11 is 0. The molecule has 1 amide bonds. The first-order valence-corrected chi connectivity index (χ1v) is 10.8. The molecule has 30 heavy (non-hydrogen) atoms. The molecule has 0 unspecified atom stereocenters. The number of nitrogens with zero attached hydrogens (tertiary/aromatic N) is 5. The van der Waals surface area contributed by atoms with Gasteiger partial charge in [-0.3, -0.25) is 14.5 Å². The van der Waals surface area contributed by atoms with Crippen LogP contribution in [0.3, 0.4) is 0 Å². The Morgan fingerprint density at radius 3 is 2.63 bits per heavy atom. The van der Waals surface area contributed by atoms with Crippen molar-refractivity contribution in [2.45, 2.75) is 4.90 Å². The third-order valence-corrected chi connectivity index (χ3v) is 6.69. The first-order valence-electron chi connectivity index (χ1n) is 9.38. The Balaban J connectivity index is 1.75. The van der Waals surface area contributed by atoms with Gasteiger partial charge in [-0.15, -0.1) is 10.2 Å². The number of hydrogen-bond donors (Lipinski definition) is 1. The number of fused-ring (bicyclic) bond motifs is 1. The number of amides is 1. The lowest BCUT2D eigenvalue weighted by molar-refractivity contribution is 0.102. The maximum atomic E-state index is 13.2. The molecule has 0 saturated carbocycles. The van der Waals surface area contributed by atoms with Gasteiger partial charge in [-0.1, -0.05) is 6.07 Å². The number of pyridine rings is 1. The fraction of sp³-hybridized carbons (Fsp3) is 0.316. The smallest absolute Gasteiger partial charge is 0.260 e. The number of hydrogen-bond acceptors (Lipinski definition) is 7. The first-order chi connectivity index (χ1) is 14.4. The largest absolute Gasteiger partial charge is 0.378 e. The summed E-state index contributed by atoms with van der Waals surface area (Å²) in [5.74, 6) is -0.213. The number of anilines is 2. The third-order valence-electron chi connectivity index (χ3n) is 4.88. The summed E-state index contributed by atoms with van der Waals surface area (Å²) in [7, 11) is -0.797. The lowest BCUT2D eigenvalue weighted by Gasteiger charge is -2.30. The number of carbonyl (C=O) groups excluding carboxylic acids is 1. The molecule has 0 aliphatic carbocycles. The molecule has 1 aliphatic rings. The molecule has 0 radical (unpaired) electrons. The van der Waals surface area contributed by atoms with Gasteiger partial charge in [0.2, 0.25) is 16.0 Å². The summed E-state index contributed by atoms with van der Waals surface area (Å²) in [6.07, 6.45) is 1.74. The predicted octanol–water partition coefficient (Wildman–Crippen LogP) is 1.07. The normalized spacial score (nSPS) is 15.0. The highest BCUT2D eigenvalue weighted by molar-refractivity contribution is 7.89. The molecule has 1 saturated heterocycles. The van der Waals surface area contributed by atoms with Crippen LogP contribution in [0.5, 0.6) is 0 Å². The van der Waals surface area contributed by atoms with E-state index in [1.54, 1.807) is 28.8 Å². The van der Waals surface area contributed by atoms with Crippen LogP contribution in [0.25, 0.3) is 5.65 Å². The third kappa shape index (κ3) is 3.74. The summed E-state index contributed by atoms with van der Waals surface area (Å²) in [4.78, 5) is 15.3. The Bertz CT molecular complexity index is 1180. The van der Waals surface area contributed by atoms with Crippen LogP contribution in [0.15, 0.2) is 47.5 Å². The molecule has 1 fully saturated rings. The SMILES string of the molecule is CN(C)S(=O)(=O)c1ccc(N2CCOCC2)c(C(=O)Nc2nnc3ccccn23)c1. The summed E-state index contributed by atoms with van der Waals surface area (Å²) in [6.45, 7) is 2.28. The van der Waals surface area contributed by atoms with E-state index >= 15 is 0 Å². The van der Waals surface area contributed by atoms with Gasteiger partial charge in [0, 0.05) is 39.1 Å². The van der Waals surface area contributed by atoms with E-state index in [2.05, 4.69) is 15.5 Å². The van der Waals surface area contributed by atoms with E-state index in [1.807, 2.05) is 11.0 Å². The minimum Gasteiger partial charge on any atom is -0.378 e. The topological polar surface area (TPSA) is 109 Å². The van der Waals surface area contributed by atoms with Gasteiger partial charge >= 0.3 is 0 Å². The number of sulfonamides is 1. The Kier molecular flexibility index (Phi) is 5.41. The second kappa shape index (κ2) is 8.01. The Morgan fingerprint density at radius 1 is 1.13 bits per heavy atom. The van der Waals surface area contributed by atoms with Gasteiger partial charge in [0.1, 0.15) is 0 Å². The van der Waals surface area contributed by atoms with E-state index in [0.29, 0.717) is 37.6 Å². The van der Waals surface area contributed by atoms with E-state index in [1.165, 1.54) is 26.2 Å². The van der Waals surface area contributed by atoms with E-state index in [-0.39, 0.29) is 16.4 Å². The highest BCUT2D eigenvalue weighted by Crippen LogP contribution is 2.27. The van der Waals surface area contributed by atoms with Gasteiger partial charge in [-0.2, -0.15) is 0 Å². The zero-order valence-corrected chi connectivity index (χ0v) is 17.5. The van der Waals surface area contributed by atoms with Crippen LogP contribution in [0.1, 0.15) is 10.4 Å². The number of nitrogens with one attached hydrogen (secondary N) is 1. The number of aromatic nitrogens is 3. The molecule has 3 heterocycles. The van der Waals surface area contributed by atoms with Crippen molar-refractivity contribution in [3.05, 3.63) is 48.2 Å². The van der Waals surface area contributed by atoms with Gasteiger partial charge in [0.05, 0.1) is 23.7 Å². The molecule has 1 aromatic carbocycles. The highest BCUT2D eigenvalue weighted by atomic mass is 32.2. The quantitative estimate of drug-likeness (QED) is 0.645. The molecule has 3 aromatic rings. The second-order valence-electron chi connectivity index (χ2n) is 6.97. The van der Waals surface area contributed by atoms with Crippen molar-refractivity contribution in [1.29, 1.82) is 0 Å². The van der Waals surface area contributed by atoms with Gasteiger partial charge in [0.25, 0.3) is 5.91 Å². The molecule has 11 heteroatoms. The van der Waals surface area contributed by atoms with Gasteiger partial charge in [0.15, 0.2) is 5.65 Å². The zero-order valence-electron chi connectivity index (χ0n) is 16.6. The highest BCUT2D eigenvalue weighted by Gasteiger charge is 2.25. The molecule has 2 aromatic heterocycles.